The molecule has 0 aliphatic carbocycles. The van der Waals surface area contributed by atoms with Crippen LogP contribution in [0.2, 0.25) is 10.0 Å². The Bertz CT molecular complexity index is 1910. The van der Waals surface area contributed by atoms with Crippen molar-refractivity contribution < 1.29 is 18.7 Å². The van der Waals surface area contributed by atoms with Gasteiger partial charge in [0.1, 0.15) is 5.75 Å². The first-order chi connectivity index (χ1) is 25.1. The molecule has 4 aromatic rings. The number of ether oxygens (including phenoxy) is 1. The van der Waals surface area contributed by atoms with E-state index in [4.69, 9.17) is 27.9 Å². The Morgan fingerprint density at radius 3 is 2.02 bits per heavy atom. The highest BCUT2D eigenvalue weighted by molar-refractivity contribution is 6.39. The van der Waals surface area contributed by atoms with E-state index in [0.29, 0.717) is 76.1 Å². The molecule has 6 rings (SSSR count). The van der Waals surface area contributed by atoms with Crippen molar-refractivity contribution in [2.45, 2.75) is 64.7 Å². The molecule has 4 heterocycles. The second kappa shape index (κ2) is 17.0. The summed E-state index contributed by atoms with van der Waals surface area (Å²) in [7, 11) is 1.64. The average Bonchev–Trinajstić information content (AvgIpc) is 3.15. The normalized spacial score (nSPS) is 15.5. The van der Waals surface area contributed by atoms with Gasteiger partial charge in [-0.15, -0.1) is 0 Å². The Balaban J connectivity index is 1.15. The zero-order valence-corrected chi connectivity index (χ0v) is 31.2. The lowest BCUT2D eigenvalue weighted by Gasteiger charge is -2.32. The molecule has 0 unspecified atom stereocenters. The van der Waals surface area contributed by atoms with Gasteiger partial charge in [-0.05, 0) is 49.9 Å². The first kappa shape index (κ1) is 37.5. The quantitative estimate of drug-likeness (QED) is 0.148. The van der Waals surface area contributed by atoms with Crippen LogP contribution in [0.1, 0.15) is 50.7 Å². The molecule has 0 radical (unpaired) electrons. The highest BCUT2D eigenvalue weighted by atomic mass is 35.5. The summed E-state index contributed by atoms with van der Waals surface area (Å²) in [5.74, 6) is 0.516. The second-order valence-electron chi connectivity index (χ2n) is 13.3. The fourth-order valence-electron chi connectivity index (χ4n) is 6.87. The first-order valence-corrected chi connectivity index (χ1v) is 18.4. The molecule has 2 amide bonds. The smallest absolute Gasteiger partial charge is 0.219 e. The van der Waals surface area contributed by atoms with Crippen LogP contribution in [-0.4, -0.2) is 77.0 Å². The number of amides is 2. The molecule has 3 N–H and O–H groups in total. The SMILES string of the molecule is COc1cc(-c2nccc(-c3cccc(Nc4nccc(CNC5CCN(C(C)=O)CC5)c4F)c3Cl)c2Cl)ccc1CNC1CCN(C(C)=O)CC1. The summed E-state index contributed by atoms with van der Waals surface area (Å²) in [6, 6.07) is 15.3. The number of pyridine rings is 2. The lowest BCUT2D eigenvalue weighted by atomic mass is 10.0. The summed E-state index contributed by atoms with van der Waals surface area (Å²) in [4.78, 5) is 35.9. The highest BCUT2D eigenvalue weighted by Crippen LogP contribution is 2.42. The molecule has 2 saturated heterocycles. The van der Waals surface area contributed by atoms with Gasteiger partial charge in [-0.25, -0.2) is 9.37 Å². The third-order valence-electron chi connectivity index (χ3n) is 10.0. The van der Waals surface area contributed by atoms with E-state index in [-0.39, 0.29) is 23.7 Å². The maximum atomic E-state index is 15.7. The van der Waals surface area contributed by atoms with Crippen molar-refractivity contribution in [3.63, 3.8) is 0 Å². The monoisotopic (exact) mass is 747 g/mol. The van der Waals surface area contributed by atoms with E-state index in [1.165, 1.54) is 0 Å². The number of carbonyl (C=O) groups is 2. The van der Waals surface area contributed by atoms with Gasteiger partial charge in [0.05, 0.1) is 28.5 Å². The molecule has 0 atom stereocenters. The topological polar surface area (TPSA) is 112 Å². The molecule has 10 nitrogen and oxygen atoms in total. The van der Waals surface area contributed by atoms with Gasteiger partial charge in [0.15, 0.2) is 11.6 Å². The molecule has 0 saturated carbocycles. The molecule has 2 aromatic carbocycles. The third-order valence-corrected chi connectivity index (χ3v) is 10.8. The van der Waals surface area contributed by atoms with Crippen molar-refractivity contribution in [3.8, 4) is 28.1 Å². The lowest BCUT2D eigenvalue weighted by Crippen LogP contribution is -2.44. The van der Waals surface area contributed by atoms with Crippen LogP contribution < -0.4 is 20.7 Å². The predicted molar refractivity (Wildman–Crippen MR) is 203 cm³/mol. The van der Waals surface area contributed by atoms with Crippen molar-refractivity contribution in [2.24, 2.45) is 0 Å². The molecule has 2 aliphatic rings. The van der Waals surface area contributed by atoms with E-state index in [1.54, 1.807) is 51.6 Å². The Morgan fingerprint density at radius 2 is 1.40 bits per heavy atom. The molecule has 2 aliphatic heterocycles. The number of piperidine rings is 2. The van der Waals surface area contributed by atoms with Gasteiger partial charge in [0.2, 0.25) is 11.8 Å². The van der Waals surface area contributed by atoms with Gasteiger partial charge >= 0.3 is 0 Å². The van der Waals surface area contributed by atoms with Crippen molar-refractivity contribution in [1.82, 2.24) is 30.4 Å². The van der Waals surface area contributed by atoms with Crippen LogP contribution in [0.15, 0.2) is 60.9 Å². The van der Waals surface area contributed by atoms with Crippen LogP contribution >= 0.6 is 23.2 Å². The number of carbonyl (C=O) groups excluding carboxylic acids is 2. The van der Waals surface area contributed by atoms with Crippen molar-refractivity contribution in [2.75, 3.05) is 38.6 Å². The molecule has 2 aromatic heterocycles. The number of benzene rings is 2. The average molecular weight is 749 g/mol. The number of nitrogens with zero attached hydrogens (tertiary/aromatic N) is 4. The maximum absolute atomic E-state index is 15.7. The number of aromatic nitrogens is 2. The molecule has 52 heavy (non-hydrogen) atoms. The maximum Gasteiger partial charge on any atom is 0.219 e. The summed E-state index contributed by atoms with van der Waals surface area (Å²) in [6.07, 6.45) is 6.71. The Kier molecular flexibility index (Phi) is 12.3. The van der Waals surface area contributed by atoms with Gasteiger partial charge in [-0.3, -0.25) is 14.6 Å². The fourth-order valence-corrected chi connectivity index (χ4v) is 7.47. The number of methoxy groups -OCH3 is 1. The predicted octanol–water partition coefficient (Wildman–Crippen LogP) is 7.21. The third kappa shape index (κ3) is 8.66. The first-order valence-electron chi connectivity index (χ1n) is 17.6. The van der Waals surface area contributed by atoms with Gasteiger partial charge in [-0.2, -0.15) is 0 Å². The summed E-state index contributed by atoms with van der Waals surface area (Å²) in [5.41, 5.74) is 4.64. The Morgan fingerprint density at radius 1 is 0.808 bits per heavy atom. The molecular weight excluding hydrogens is 704 g/mol. The summed E-state index contributed by atoms with van der Waals surface area (Å²) in [5, 5.41) is 10.9. The number of hydrogen-bond acceptors (Lipinski definition) is 8. The van der Waals surface area contributed by atoms with Crippen LogP contribution in [0.4, 0.5) is 15.9 Å². The molecule has 13 heteroatoms. The van der Waals surface area contributed by atoms with Crippen molar-refractivity contribution in [3.05, 3.63) is 87.9 Å². The zero-order chi connectivity index (χ0) is 36.8. The van der Waals surface area contributed by atoms with Crippen LogP contribution in [0.5, 0.6) is 5.75 Å². The molecular formula is C39H44Cl2FN7O3. The second-order valence-corrected chi connectivity index (χ2v) is 14.1. The van der Waals surface area contributed by atoms with Gasteiger partial charge < -0.3 is 30.5 Å². The standard InChI is InChI=1S/C39H44Cl2FN7O3/c1-24(50)48-17-11-29(12-18-48)45-22-27-8-7-26(21-34(27)52-3)38-36(41)32(10-16-43-38)31-5-4-6-33(35(31)40)47-39-37(42)28(9-15-44-39)23-46-30-13-19-49(20-14-30)25(2)51/h4-10,15-16,21,29-30,45-46H,11-14,17-20,22-23H2,1-3H3,(H,44,47). The van der Waals surface area contributed by atoms with E-state index < -0.39 is 5.82 Å². The molecule has 0 bridgehead atoms. The summed E-state index contributed by atoms with van der Waals surface area (Å²) in [6.45, 7) is 7.07. The van der Waals surface area contributed by atoms with E-state index in [9.17, 15) is 9.59 Å². The highest BCUT2D eigenvalue weighted by Gasteiger charge is 2.23. The van der Waals surface area contributed by atoms with Crippen molar-refractivity contribution in [1.29, 1.82) is 0 Å². The van der Waals surface area contributed by atoms with Crippen LogP contribution in [0.3, 0.4) is 0 Å². The number of halogens is 3. The van der Waals surface area contributed by atoms with Crippen LogP contribution in [-0.2, 0) is 22.7 Å². The Hall–Kier alpha value is -4.29. The van der Waals surface area contributed by atoms with Gasteiger partial charge in [-0.1, -0.05) is 47.5 Å². The number of hydrogen-bond donors (Lipinski definition) is 3. The lowest BCUT2D eigenvalue weighted by molar-refractivity contribution is -0.130. The number of rotatable bonds is 11. The van der Waals surface area contributed by atoms with E-state index in [0.717, 1.165) is 49.9 Å². The van der Waals surface area contributed by atoms with Crippen LogP contribution in [0.25, 0.3) is 22.4 Å². The number of anilines is 2. The summed E-state index contributed by atoms with van der Waals surface area (Å²) < 4.78 is 21.5. The molecule has 2 fully saturated rings. The minimum Gasteiger partial charge on any atom is -0.496 e. The molecule has 0 spiro atoms. The Labute approximate surface area is 314 Å². The summed E-state index contributed by atoms with van der Waals surface area (Å²) >= 11 is 14.0. The largest absolute Gasteiger partial charge is 0.496 e. The minimum absolute atomic E-state index is 0.0643. The zero-order valence-electron chi connectivity index (χ0n) is 29.6. The van der Waals surface area contributed by atoms with E-state index >= 15 is 4.39 Å². The van der Waals surface area contributed by atoms with E-state index in [1.807, 2.05) is 40.1 Å². The van der Waals surface area contributed by atoms with Crippen LogP contribution in [0, 0.1) is 5.82 Å². The van der Waals surface area contributed by atoms with Gasteiger partial charge in [0.25, 0.3) is 0 Å². The minimum atomic E-state index is -0.465. The number of likely N-dealkylation sites (tertiary alicyclic amines) is 2. The molecule has 274 valence electrons. The fraction of sp³-hybridized carbons (Fsp3) is 0.385. The van der Waals surface area contributed by atoms with Gasteiger partial charge in [0, 0.05) is 105 Å². The van der Waals surface area contributed by atoms with E-state index in [2.05, 4.69) is 25.9 Å². The van der Waals surface area contributed by atoms with Crippen molar-refractivity contribution >= 4 is 46.5 Å². The number of nitrogens with one attached hydrogen (secondary N) is 3.